The zero-order valence-electron chi connectivity index (χ0n) is 8.60. The van der Waals surface area contributed by atoms with E-state index < -0.39 is 6.10 Å². The van der Waals surface area contributed by atoms with Crippen molar-refractivity contribution in [3.8, 4) is 0 Å². The van der Waals surface area contributed by atoms with E-state index in [0.29, 0.717) is 6.54 Å². The first-order valence-electron chi connectivity index (χ1n) is 4.98. The summed E-state index contributed by atoms with van der Waals surface area (Å²) in [6.07, 6.45) is 2.71. The Morgan fingerprint density at radius 3 is 3.12 bits per heavy atom. The fraction of sp³-hybridized carbons (Fsp3) is 0.273. The molecule has 2 N–H and O–H groups in total. The molecular formula is C11H12ClN3O. The molecule has 0 aliphatic carbocycles. The Morgan fingerprint density at radius 1 is 1.44 bits per heavy atom. The first-order valence-corrected chi connectivity index (χ1v) is 5.51. The molecule has 0 amide bonds. The molecule has 0 saturated heterocycles. The lowest BCUT2D eigenvalue weighted by Gasteiger charge is -2.11. The van der Waals surface area contributed by atoms with E-state index in [0.717, 1.165) is 16.6 Å². The molecule has 0 fully saturated rings. The summed E-state index contributed by atoms with van der Waals surface area (Å²) in [6, 6.07) is 5.75. The highest BCUT2D eigenvalue weighted by atomic mass is 35.5. The van der Waals surface area contributed by atoms with Crippen LogP contribution < -0.4 is 5.32 Å². The molecule has 0 aliphatic rings. The summed E-state index contributed by atoms with van der Waals surface area (Å²) in [5.74, 6) is 0.217. The van der Waals surface area contributed by atoms with Crippen molar-refractivity contribution in [1.29, 1.82) is 0 Å². The number of benzene rings is 1. The first kappa shape index (κ1) is 11.1. The number of aromatic nitrogens is 2. The largest absolute Gasteiger partial charge is 0.390 e. The van der Waals surface area contributed by atoms with Gasteiger partial charge in [0.05, 0.1) is 17.5 Å². The lowest BCUT2D eigenvalue weighted by molar-refractivity contribution is 0.211. The quantitative estimate of drug-likeness (QED) is 0.794. The first-order chi connectivity index (χ1) is 7.81. The van der Waals surface area contributed by atoms with Crippen molar-refractivity contribution in [2.75, 3.05) is 17.7 Å². The number of nitrogens with one attached hydrogen (secondary N) is 1. The van der Waals surface area contributed by atoms with Crippen LogP contribution in [0.4, 0.5) is 5.69 Å². The van der Waals surface area contributed by atoms with Gasteiger partial charge < -0.3 is 10.4 Å². The van der Waals surface area contributed by atoms with Gasteiger partial charge in [0.25, 0.3) is 0 Å². The van der Waals surface area contributed by atoms with Gasteiger partial charge in [0.15, 0.2) is 0 Å². The fourth-order valence-electron chi connectivity index (χ4n) is 1.44. The molecule has 2 aromatic rings. The number of hydrogen-bond donors (Lipinski definition) is 2. The molecule has 16 heavy (non-hydrogen) atoms. The number of hydrogen-bond acceptors (Lipinski definition) is 4. The number of aliphatic hydroxyl groups is 1. The molecule has 1 heterocycles. The van der Waals surface area contributed by atoms with Crippen LogP contribution in [0.1, 0.15) is 0 Å². The van der Waals surface area contributed by atoms with Crippen LogP contribution in [-0.4, -0.2) is 33.6 Å². The van der Waals surface area contributed by atoms with E-state index in [1.807, 2.05) is 18.2 Å². The fourth-order valence-corrected chi connectivity index (χ4v) is 1.55. The van der Waals surface area contributed by atoms with E-state index in [2.05, 4.69) is 15.3 Å². The van der Waals surface area contributed by atoms with E-state index in [1.54, 1.807) is 6.20 Å². The highest BCUT2D eigenvalue weighted by Crippen LogP contribution is 2.20. The minimum Gasteiger partial charge on any atom is -0.390 e. The summed E-state index contributed by atoms with van der Waals surface area (Å²) in [5.41, 5.74) is 1.78. The molecule has 1 atom stereocenters. The van der Waals surface area contributed by atoms with E-state index in [-0.39, 0.29) is 5.88 Å². The maximum absolute atomic E-state index is 9.37. The van der Waals surface area contributed by atoms with Crippen LogP contribution in [0, 0.1) is 0 Å². The van der Waals surface area contributed by atoms with Gasteiger partial charge in [-0.25, -0.2) is 9.97 Å². The van der Waals surface area contributed by atoms with Crippen LogP contribution in [0.25, 0.3) is 10.9 Å². The maximum Gasteiger partial charge on any atom is 0.116 e. The Labute approximate surface area is 98.3 Å². The van der Waals surface area contributed by atoms with Gasteiger partial charge in [-0.1, -0.05) is 6.07 Å². The molecule has 0 saturated carbocycles. The molecule has 0 spiro atoms. The van der Waals surface area contributed by atoms with Crippen molar-refractivity contribution < 1.29 is 5.11 Å². The standard InChI is InChI=1S/C11H12ClN3O/c12-4-8(16)5-14-10-2-1-3-11-9(10)6-13-7-15-11/h1-3,6-8,14,16H,4-5H2. The molecule has 4 nitrogen and oxygen atoms in total. The lowest BCUT2D eigenvalue weighted by atomic mass is 10.2. The minimum absolute atomic E-state index is 0.217. The lowest BCUT2D eigenvalue weighted by Crippen LogP contribution is -2.20. The van der Waals surface area contributed by atoms with Gasteiger partial charge >= 0.3 is 0 Å². The topological polar surface area (TPSA) is 58.0 Å². The van der Waals surface area contributed by atoms with Crippen LogP contribution in [0.15, 0.2) is 30.7 Å². The molecule has 1 aromatic carbocycles. The Bertz CT molecular complexity index is 472. The van der Waals surface area contributed by atoms with Gasteiger partial charge in [-0.15, -0.1) is 11.6 Å². The smallest absolute Gasteiger partial charge is 0.116 e. The average molecular weight is 238 g/mol. The van der Waals surface area contributed by atoms with Crippen molar-refractivity contribution in [3.05, 3.63) is 30.7 Å². The van der Waals surface area contributed by atoms with Gasteiger partial charge in [-0.2, -0.15) is 0 Å². The van der Waals surface area contributed by atoms with E-state index >= 15 is 0 Å². The molecule has 0 aliphatic heterocycles. The molecule has 1 unspecified atom stereocenters. The highest BCUT2D eigenvalue weighted by Gasteiger charge is 2.04. The van der Waals surface area contributed by atoms with Crippen molar-refractivity contribution in [3.63, 3.8) is 0 Å². The molecular weight excluding hydrogens is 226 g/mol. The van der Waals surface area contributed by atoms with Crippen LogP contribution in [0.5, 0.6) is 0 Å². The van der Waals surface area contributed by atoms with Gasteiger partial charge in [0.2, 0.25) is 0 Å². The van der Waals surface area contributed by atoms with Gasteiger partial charge in [0.1, 0.15) is 6.33 Å². The van der Waals surface area contributed by atoms with Crippen molar-refractivity contribution >= 4 is 28.2 Å². The third-order valence-electron chi connectivity index (χ3n) is 2.26. The molecule has 0 bridgehead atoms. The van der Waals surface area contributed by atoms with E-state index in [9.17, 15) is 5.11 Å². The van der Waals surface area contributed by atoms with Gasteiger partial charge in [0, 0.05) is 23.8 Å². The Balaban J connectivity index is 2.23. The number of nitrogens with zero attached hydrogens (tertiary/aromatic N) is 2. The predicted octanol–water partition coefficient (Wildman–Crippen LogP) is 1.64. The van der Waals surface area contributed by atoms with Crippen molar-refractivity contribution in [1.82, 2.24) is 9.97 Å². The monoisotopic (exact) mass is 237 g/mol. The van der Waals surface area contributed by atoms with Crippen LogP contribution in [-0.2, 0) is 0 Å². The zero-order valence-corrected chi connectivity index (χ0v) is 9.35. The molecule has 0 radical (unpaired) electrons. The van der Waals surface area contributed by atoms with Crippen molar-refractivity contribution in [2.45, 2.75) is 6.10 Å². The SMILES string of the molecule is OC(CCl)CNc1cccc2ncncc12. The summed E-state index contributed by atoms with van der Waals surface area (Å²) in [6.45, 7) is 0.414. The normalized spacial score (nSPS) is 12.6. The summed E-state index contributed by atoms with van der Waals surface area (Å²) in [5, 5.41) is 13.4. The Kier molecular flexibility index (Phi) is 3.54. The molecule has 5 heteroatoms. The number of rotatable bonds is 4. The number of fused-ring (bicyclic) bond motifs is 1. The van der Waals surface area contributed by atoms with E-state index in [1.165, 1.54) is 6.33 Å². The molecule has 84 valence electrons. The van der Waals surface area contributed by atoms with Crippen LogP contribution in [0.3, 0.4) is 0 Å². The van der Waals surface area contributed by atoms with Gasteiger partial charge in [-0.05, 0) is 12.1 Å². The Hall–Kier alpha value is -1.39. The second kappa shape index (κ2) is 5.09. The zero-order chi connectivity index (χ0) is 11.4. The minimum atomic E-state index is -0.554. The summed E-state index contributed by atoms with van der Waals surface area (Å²) < 4.78 is 0. The Morgan fingerprint density at radius 2 is 2.31 bits per heavy atom. The summed E-state index contributed by atoms with van der Waals surface area (Å²) >= 11 is 5.52. The van der Waals surface area contributed by atoms with Crippen LogP contribution in [0.2, 0.25) is 0 Å². The van der Waals surface area contributed by atoms with Crippen LogP contribution >= 0.6 is 11.6 Å². The summed E-state index contributed by atoms with van der Waals surface area (Å²) in [4.78, 5) is 8.13. The molecule has 2 rings (SSSR count). The van der Waals surface area contributed by atoms with Crippen molar-refractivity contribution in [2.24, 2.45) is 0 Å². The van der Waals surface area contributed by atoms with Gasteiger partial charge in [-0.3, -0.25) is 0 Å². The van der Waals surface area contributed by atoms with E-state index in [4.69, 9.17) is 11.6 Å². The average Bonchev–Trinajstić information content (AvgIpc) is 2.35. The second-order valence-corrected chi connectivity index (χ2v) is 3.76. The molecule has 1 aromatic heterocycles. The predicted molar refractivity (Wildman–Crippen MR) is 64.8 cm³/mol. The third kappa shape index (κ3) is 2.40. The maximum atomic E-state index is 9.37. The summed E-state index contributed by atoms with van der Waals surface area (Å²) in [7, 11) is 0. The number of halogens is 1. The number of alkyl halides is 1. The number of anilines is 1. The third-order valence-corrected chi connectivity index (χ3v) is 2.61. The number of aliphatic hydroxyl groups excluding tert-OH is 1. The highest BCUT2D eigenvalue weighted by molar-refractivity contribution is 6.18. The second-order valence-electron chi connectivity index (χ2n) is 3.45.